The van der Waals surface area contributed by atoms with Crippen LogP contribution in [0.2, 0.25) is 0 Å². The van der Waals surface area contributed by atoms with Crippen molar-refractivity contribution in [3.8, 4) is 28.8 Å². The molecule has 1 aliphatic heterocycles. The van der Waals surface area contributed by atoms with Crippen molar-refractivity contribution in [2.24, 2.45) is 0 Å². The lowest BCUT2D eigenvalue weighted by Gasteiger charge is -2.29. The van der Waals surface area contributed by atoms with Gasteiger partial charge in [0.05, 0.1) is 17.9 Å². The van der Waals surface area contributed by atoms with Crippen molar-refractivity contribution in [1.82, 2.24) is 25.1 Å². The van der Waals surface area contributed by atoms with Gasteiger partial charge in [0.25, 0.3) is 0 Å². The molecule has 4 rings (SSSR count). The van der Waals surface area contributed by atoms with Gasteiger partial charge in [0.2, 0.25) is 5.82 Å². The molecule has 3 N–H and O–H groups in total. The van der Waals surface area contributed by atoms with Gasteiger partial charge in [-0.3, -0.25) is 4.90 Å². The van der Waals surface area contributed by atoms with Crippen LogP contribution in [0.25, 0.3) is 11.3 Å². The van der Waals surface area contributed by atoms with E-state index in [0.717, 1.165) is 43.1 Å². The summed E-state index contributed by atoms with van der Waals surface area (Å²) in [7, 11) is 3.97. The molecule has 1 saturated heterocycles. The van der Waals surface area contributed by atoms with Crippen LogP contribution in [0.5, 0.6) is 5.75 Å². The maximum absolute atomic E-state index is 10.3. The first-order chi connectivity index (χ1) is 16.8. The normalized spacial score (nSPS) is 16.1. The summed E-state index contributed by atoms with van der Waals surface area (Å²) in [6.45, 7) is 7.22. The van der Waals surface area contributed by atoms with Crippen molar-refractivity contribution in [3.05, 3.63) is 47.9 Å². The third-order valence-corrected chi connectivity index (χ3v) is 6.09. The Balaban J connectivity index is 1.58. The molecule has 1 aliphatic rings. The molecule has 35 heavy (non-hydrogen) atoms. The van der Waals surface area contributed by atoms with Gasteiger partial charge in [0, 0.05) is 43.0 Å². The van der Waals surface area contributed by atoms with Gasteiger partial charge in [-0.1, -0.05) is 18.1 Å². The molecule has 0 saturated carbocycles. The van der Waals surface area contributed by atoms with Gasteiger partial charge in [-0.25, -0.2) is 9.97 Å². The smallest absolute Gasteiger partial charge is 0.206 e. The molecular formula is C26H32N8O. The van der Waals surface area contributed by atoms with Gasteiger partial charge in [-0.15, -0.1) is 10.2 Å². The summed E-state index contributed by atoms with van der Waals surface area (Å²) in [5.41, 5.74) is 9.32. The molecule has 0 amide bonds. The second-order valence-corrected chi connectivity index (χ2v) is 9.08. The van der Waals surface area contributed by atoms with Gasteiger partial charge in [0.1, 0.15) is 11.6 Å². The van der Waals surface area contributed by atoms with E-state index in [1.807, 2.05) is 50.3 Å². The number of benzene rings is 1. The van der Waals surface area contributed by atoms with Crippen LogP contribution < -0.4 is 15.5 Å². The lowest BCUT2D eigenvalue weighted by atomic mass is 10.1. The molecule has 1 fully saturated rings. The van der Waals surface area contributed by atoms with Gasteiger partial charge in [-0.2, -0.15) is 0 Å². The summed E-state index contributed by atoms with van der Waals surface area (Å²) in [5.74, 6) is 8.18. The number of phenols is 1. The number of aromatic hydroxyl groups is 1. The maximum Gasteiger partial charge on any atom is 0.206 e. The number of nitrogens with zero attached hydrogens (tertiary/aromatic N) is 7. The largest absolute Gasteiger partial charge is 0.507 e. The molecule has 1 atom stereocenters. The zero-order valence-electron chi connectivity index (χ0n) is 20.7. The molecule has 2 aromatic heterocycles. The van der Waals surface area contributed by atoms with Crippen molar-refractivity contribution in [3.63, 3.8) is 0 Å². The maximum atomic E-state index is 10.3. The second-order valence-electron chi connectivity index (χ2n) is 9.08. The summed E-state index contributed by atoms with van der Waals surface area (Å²) in [6.07, 6.45) is 2.76. The highest BCUT2D eigenvalue weighted by Gasteiger charge is 2.25. The van der Waals surface area contributed by atoms with Crippen LogP contribution >= 0.6 is 0 Å². The number of nitrogens with two attached hydrogens (primary N) is 1. The van der Waals surface area contributed by atoms with Gasteiger partial charge in [-0.05, 0) is 58.5 Å². The first kappa shape index (κ1) is 24.2. The Morgan fingerprint density at radius 2 is 1.97 bits per heavy atom. The topological polar surface area (TPSA) is 108 Å². The summed E-state index contributed by atoms with van der Waals surface area (Å²) in [6, 6.07) is 9.28. The molecule has 182 valence electrons. The van der Waals surface area contributed by atoms with E-state index in [9.17, 15) is 5.11 Å². The molecule has 0 radical (unpaired) electrons. The minimum absolute atomic E-state index is 0.164. The highest BCUT2D eigenvalue weighted by molar-refractivity contribution is 5.74. The number of phenolic OH excluding ortho intramolecular Hbond substituents is 1. The number of aryl methyl sites for hydroxylation is 1. The molecule has 0 unspecified atom stereocenters. The van der Waals surface area contributed by atoms with Crippen molar-refractivity contribution >= 4 is 17.3 Å². The predicted octanol–water partition coefficient (Wildman–Crippen LogP) is 2.55. The summed E-state index contributed by atoms with van der Waals surface area (Å²) < 4.78 is 0. The molecule has 0 spiro atoms. The van der Waals surface area contributed by atoms with E-state index in [-0.39, 0.29) is 11.8 Å². The Hall–Kier alpha value is -3.90. The number of rotatable bonds is 4. The Kier molecular flexibility index (Phi) is 7.32. The number of para-hydroxylation sites is 1. The van der Waals surface area contributed by atoms with E-state index in [2.05, 4.69) is 43.7 Å². The number of aromatic nitrogens is 4. The number of hydrogen-bond donors (Lipinski definition) is 2. The van der Waals surface area contributed by atoms with E-state index in [0.29, 0.717) is 29.4 Å². The summed E-state index contributed by atoms with van der Waals surface area (Å²) in [5, 5.41) is 18.7. The third kappa shape index (κ3) is 5.61. The highest BCUT2D eigenvalue weighted by atomic mass is 16.3. The Labute approximate surface area is 206 Å². The summed E-state index contributed by atoms with van der Waals surface area (Å²) >= 11 is 0. The Bertz CT molecular complexity index is 1250. The third-order valence-electron chi connectivity index (χ3n) is 6.09. The first-order valence-corrected chi connectivity index (χ1v) is 11.7. The van der Waals surface area contributed by atoms with E-state index in [1.165, 1.54) is 0 Å². The van der Waals surface area contributed by atoms with Crippen LogP contribution in [0.4, 0.5) is 17.3 Å². The first-order valence-electron chi connectivity index (χ1n) is 11.7. The van der Waals surface area contributed by atoms with E-state index < -0.39 is 0 Å². The van der Waals surface area contributed by atoms with Crippen LogP contribution in [-0.4, -0.2) is 76.5 Å². The van der Waals surface area contributed by atoms with Crippen molar-refractivity contribution in [2.45, 2.75) is 26.3 Å². The lowest BCUT2D eigenvalue weighted by Crippen LogP contribution is -2.36. The highest BCUT2D eigenvalue weighted by Crippen LogP contribution is 2.32. The van der Waals surface area contributed by atoms with Crippen LogP contribution in [0.3, 0.4) is 0 Å². The van der Waals surface area contributed by atoms with Crippen molar-refractivity contribution in [2.75, 3.05) is 55.8 Å². The van der Waals surface area contributed by atoms with Gasteiger partial charge < -0.3 is 20.6 Å². The Morgan fingerprint density at radius 1 is 1.17 bits per heavy atom. The fraction of sp³-hybridized carbons (Fsp3) is 0.385. The van der Waals surface area contributed by atoms with Crippen LogP contribution in [-0.2, 0) is 0 Å². The average molecular weight is 473 g/mol. The monoisotopic (exact) mass is 472 g/mol. The quantitative estimate of drug-likeness (QED) is 0.554. The molecule has 9 heteroatoms. The Morgan fingerprint density at radius 3 is 2.74 bits per heavy atom. The lowest BCUT2D eigenvalue weighted by molar-refractivity contribution is 0.464. The number of nitrogen functional groups attached to an aromatic ring is 1. The van der Waals surface area contributed by atoms with Crippen LogP contribution in [0, 0.1) is 18.8 Å². The van der Waals surface area contributed by atoms with Gasteiger partial charge >= 0.3 is 0 Å². The zero-order valence-corrected chi connectivity index (χ0v) is 20.7. The van der Waals surface area contributed by atoms with Crippen LogP contribution in [0.15, 0.2) is 36.5 Å². The van der Waals surface area contributed by atoms with Crippen LogP contribution in [0.1, 0.15) is 24.7 Å². The minimum atomic E-state index is 0.164. The zero-order chi connectivity index (χ0) is 24.9. The summed E-state index contributed by atoms with van der Waals surface area (Å²) in [4.78, 5) is 15.8. The molecule has 0 aliphatic carbocycles. The minimum Gasteiger partial charge on any atom is -0.507 e. The fourth-order valence-corrected chi connectivity index (χ4v) is 4.14. The van der Waals surface area contributed by atoms with E-state index in [4.69, 9.17) is 10.7 Å². The van der Waals surface area contributed by atoms with Crippen molar-refractivity contribution < 1.29 is 5.11 Å². The molecule has 9 nitrogen and oxygen atoms in total. The molecule has 3 aromatic rings. The second kappa shape index (κ2) is 10.6. The van der Waals surface area contributed by atoms with Gasteiger partial charge in [0.15, 0.2) is 5.82 Å². The average Bonchev–Trinajstić information content (AvgIpc) is 3.02. The van der Waals surface area contributed by atoms with E-state index >= 15 is 0 Å². The number of hydrogen-bond acceptors (Lipinski definition) is 9. The van der Waals surface area contributed by atoms with Crippen molar-refractivity contribution in [1.29, 1.82) is 0 Å². The standard InChI is InChI=1S/C26H32N8O/c1-18-17-28-24(10-7-12-32(3)4)29-26(18)34-15-14-33(13-11-19(34)2)22-16-21(30-31-25(22)27)20-8-5-6-9-23(20)35/h5-6,8-9,16-17,19,35H,11-15H2,1-4H3,(H2,27,31)/t19-/m1/s1. The van der Waals surface area contributed by atoms with E-state index in [1.54, 1.807) is 12.1 Å². The molecule has 1 aromatic carbocycles. The molecule has 0 bridgehead atoms. The SMILES string of the molecule is Cc1cnc(C#CCN(C)C)nc1N1CCN(c2cc(-c3ccccc3O)nnc2N)CC[C@H]1C. The fourth-order valence-electron chi connectivity index (χ4n) is 4.14. The molecule has 3 heterocycles. The predicted molar refractivity (Wildman–Crippen MR) is 139 cm³/mol. The molecular weight excluding hydrogens is 440 g/mol. The number of anilines is 3.